The van der Waals surface area contributed by atoms with Crippen LogP contribution in [0.3, 0.4) is 0 Å². The number of nitrogen functional groups attached to an aromatic ring is 2. The Morgan fingerprint density at radius 3 is 1.27 bits per heavy atom. The zero-order chi connectivity index (χ0) is 72.0. The van der Waals surface area contributed by atoms with E-state index in [1.807, 2.05) is 32.0 Å². The Hall–Kier alpha value is -12.3. The third-order valence-electron chi connectivity index (χ3n) is 14.0. The van der Waals surface area contributed by atoms with Crippen LogP contribution >= 0.6 is 0 Å². The maximum atomic E-state index is 13.0. The minimum Gasteiger partial charge on any atom is -0.476 e. The second-order valence-electron chi connectivity index (χ2n) is 20.3. The predicted octanol–water partition coefficient (Wildman–Crippen LogP) is 5.49. The molecule has 31 heteroatoms. The molecule has 0 aliphatic heterocycles. The van der Waals surface area contributed by atoms with E-state index < -0.39 is 11.9 Å². The molecular weight excluding hydrogens is 1280 g/mol. The number of oxazole rings is 2. The summed E-state index contributed by atoms with van der Waals surface area (Å²) < 4.78 is 22.5. The Morgan fingerprint density at radius 1 is 0.485 bits per heavy atom. The molecule has 99 heavy (non-hydrogen) atoms. The van der Waals surface area contributed by atoms with Crippen molar-refractivity contribution in [1.82, 2.24) is 64.0 Å². The van der Waals surface area contributed by atoms with Crippen molar-refractivity contribution in [2.75, 3.05) is 25.7 Å². The summed E-state index contributed by atoms with van der Waals surface area (Å²) in [6, 6.07) is 23.4. The molecule has 514 valence electrons. The molecule has 31 nitrogen and oxygen atoms in total. The molecule has 0 fully saturated rings. The van der Waals surface area contributed by atoms with Gasteiger partial charge in [0.25, 0.3) is 0 Å². The highest BCUT2D eigenvalue weighted by molar-refractivity contribution is 5.99. The first kappa shape index (κ1) is 75.7. The molecule has 0 bridgehead atoms. The molecule has 0 saturated carbocycles. The summed E-state index contributed by atoms with van der Waals surface area (Å²) in [6.45, 7) is 4.55. The lowest BCUT2D eigenvalue weighted by Crippen LogP contribution is -2.15. The number of aryl methyl sites for hydroxylation is 5. The average molecular weight is 1350 g/mol. The molecule has 12 N–H and O–H groups in total. The molecular formula is C68H73N17O14. The number of nitrogens with zero attached hydrogens (tertiary/aromatic N) is 13. The maximum Gasteiger partial charge on any atom is 0.358 e. The molecule has 0 aliphatic rings. The van der Waals surface area contributed by atoms with Crippen LogP contribution in [0.5, 0.6) is 0 Å². The fourth-order valence-electron chi connectivity index (χ4n) is 8.94. The van der Waals surface area contributed by atoms with Crippen molar-refractivity contribution in [2.24, 2.45) is 25.6 Å². The number of aliphatic hydroxyl groups is 3. The lowest BCUT2D eigenvalue weighted by Gasteiger charge is -2.11. The molecule has 11 aromatic heterocycles. The van der Waals surface area contributed by atoms with Crippen molar-refractivity contribution in [3.05, 3.63) is 242 Å². The smallest absolute Gasteiger partial charge is 0.358 e. The zero-order valence-electron chi connectivity index (χ0n) is 54.8. The van der Waals surface area contributed by atoms with E-state index in [9.17, 15) is 39.0 Å². The van der Waals surface area contributed by atoms with E-state index in [2.05, 4.69) is 64.3 Å². The van der Waals surface area contributed by atoms with Crippen LogP contribution in [0.1, 0.15) is 107 Å². The molecule has 0 atom stereocenters. The summed E-state index contributed by atoms with van der Waals surface area (Å²) in [5.41, 5.74) is 30.8. The number of ketones is 1. The maximum absolute atomic E-state index is 13.0. The number of carbonyl (C=O) groups is 4. The molecule has 0 spiro atoms. The molecule has 0 radical (unpaired) electrons. The van der Waals surface area contributed by atoms with Crippen LogP contribution < -0.4 is 34.1 Å². The van der Waals surface area contributed by atoms with Gasteiger partial charge in [0, 0.05) is 117 Å². The largest absolute Gasteiger partial charge is 0.476 e. The zero-order valence-corrected chi connectivity index (χ0v) is 54.8. The fraction of sp³-hybridized carbons (Fsp3) is 0.221. The van der Waals surface area contributed by atoms with E-state index in [-0.39, 0.29) is 108 Å². The Kier molecular flexibility index (Phi) is 29.3. The number of nitrogens with two attached hydrogens (primary N) is 4. The van der Waals surface area contributed by atoms with E-state index in [1.54, 1.807) is 99.8 Å². The van der Waals surface area contributed by atoms with E-state index in [0.717, 1.165) is 41.1 Å². The quantitative estimate of drug-likeness (QED) is 0.0389. The molecule has 0 aliphatic carbocycles. The second-order valence-corrected chi connectivity index (χ2v) is 20.3. The minimum atomic E-state index is -1.31. The number of aromatic carboxylic acids is 1. The molecule has 0 saturated heterocycles. The van der Waals surface area contributed by atoms with Gasteiger partial charge in [-0.1, -0.05) is 32.0 Å². The van der Waals surface area contributed by atoms with Gasteiger partial charge in [0.05, 0.1) is 74.6 Å². The first-order valence-corrected chi connectivity index (χ1v) is 30.1. The van der Waals surface area contributed by atoms with E-state index in [0.29, 0.717) is 57.9 Å². The first-order chi connectivity index (χ1) is 47.8. The van der Waals surface area contributed by atoms with Crippen LogP contribution in [0, 0.1) is 0 Å². The summed E-state index contributed by atoms with van der Waals surface area (Å²) >= 11 is 0. The number of esters is 2. The van der Waals surface area contributed by atoms with Gasteiger partial charge in [0.1, 0.15) is 29.6 Å². The Bertz CT molecular complexity index is 4450. The lowest BCUT2D eigenvalue weighted by molar-refractivity contribution is 0.0590. The normalized spacial score (nSPS) is 10.3. The van der Waals surface area contributed by atoms with Crippen LogP contribution in [-0.4, -0.2) is 122 Å². The van der Waals surface area contributed by atoms with Crippen LogP contribution in [0.4, 0.5) is 11.6 Å². The van der Waals surface area contributed by atoms with Gasteiger partial charge in [0.15, 0.2) is 34.5 Å². The van der Waals surface area contributed by atoms with Gasteiger partial charge in [-0.3, -0.25) is 39.3 Å². The molecule has 11 heterocycles. The van der Waals surface area contributed by atoms with Crippen molar-refractivity contribution in [1.29, 1.82) is 0 Å². The third kappa shape index (κ3) is 20.9. The van der Waals surface area contributed by atoms with Gasteiger partial charge in [-0.05, 0) is 85.0 Å². The number of hydrogen-bond acceptors (Lipinski definition) is 28. The number of rotatable bonds is 18. The van der Waals surface area contributed by atoms with Gasteiger partial charge >= 0.3 is 17.9 Å². The summed E-state index contributed by atoms with van der Waals surface area (Å²) in [7, 11) is 5.88. The lowest BCUT2D eigenvalue weighted by atomic mass is 10.1. The average Bonchev–Trinajstić information content (AvgIpc) is 1.72. The number of hydrogen-bond donors (Lipinski definition) is 8. The van der Waals surface area contributed by atoms with Crippen molar-refractivity contribution >= 4 is 35.3 Å². The number of aliphatic hydroxyl groups excluding tert-OH is 3. The molecule has 0 unspecified atom stereocenters. The predicted molar refractivity (Wildman–Crippen MR) is 361 cm³/mol. The Labute approximate surface area is 566 Å². The van der Waals surface area contributed by atoms with E-state index in [1.165, 1.54) is 72.7 Å². The number of pyridine rings is 7. The Balaban J connectivity index is 0.000000201. The fourth-order valence-corrected chi connectivity index (χ4v) is 8.94. The molecule has 0 amide bonds. The number of methoxy groups -OCH3 is 2. The molecule has 0 aromatic carbocycles. The van der Waals surface area contributed by atoms with Crippen molar-refractivity contribution < 1.29 is 57.9 Å². The highest BCUT2D eigenvalue weighted by Crippen LogP contribution is 2.31. The Morgan fingerprint density at radius 2 is 0.879 bits per heavy atom. The second kappa shape index (κ2) is 38.3. The number of carboxylic acids is 1. The van der Waals surface area contributed by atoms with Crippen LogP contribution in [0.2, 0.25) is 0 Å². The van der Waals surface area contributed by atoms with Crippen LogP contribution in [0.25, 0.3) is 45.7 Å². The number of anilines is 2. The van der Waals surface area contributed by atoms with Gasteiger partial charge in [-0.2, -0.15) is 0 Å². The number of carbonyl (C=O) groups excluding carboxylic acids is 3. The first-order valence-electron chi connectivity index (χ1n) is 30.1. The number of ether oxygens (including phenoxy) is 2. The van der Waals surface area contributed by atoms with Gasteiger partial charge < -0.3 is 70.8 Å². The third-order valence-corrected chi connectivity index (χ3v) is 14.0. The number of Topliss-reactive ketones (excluding diaryl/α,β-unsaturated/α-hetero) is 1. The van der Waals surface area contributed by atoms with Crippen molar-refractivity contribution in [2.45, 2.75) is 72.4 Å². The van der Waals surface area contributed by atoms with Crippen LogP contribution in [-0.2, 0) is 75.7 Å². The number of aromatic nitrogens is 13. The van der Waals surface area contributed by atoms with Crippen molar-refractivity contribution in [3.8, 4) is 45.7 Å². The highest BCUT2D eigenvalue weighted by Gasteiger charge is 2.24. The van der Waals surface area contributed by atoms with E-state index in [4.69, 9.17) is 42.0 Å². The van der Waals surface area contributed by atoms with Gasteiger partial charge in [0.2, 0.25) is 22.9 Å². The van der Waals surface area contributed by atoms with Crippen LogP contribution in [0.15, 0.2) is 172 Å². The summed E-state index contributed by atoms with van der Waals surface area (Å²) in [5.74, 6) is -2.32. The highest BCUT2D eigenvalue weighted by atomic mass is 16.5. The van der Waals surface area contributed by atoms with Crippen molar-refractivity contribution in [3.63, 3.8) is 0 Å². The topological polar surface area (TPSA) is 484 Å². The standard InChI is InChI=1S/C22H20N6O4.C14H11N5O4.C9H11NO2.C8H10N2O2.C8H11NO.C7H10N2O/c1-28-11-13(4-7-17(28)31)18-20(22-25-9-10-32-22)27-21(23)19(26-18)16(30)6-5-15-14(12-29)3-2-8-24-15;1-19-6-7(2-3-8(19)20)9-10(13-16-4-5-23-13)18-12(15)11(17-9)14(21)22;1-3-8-7(9(11)12-2)5-4-6-10-8;1-12-8(11)6-3-2-4-10-7(6)5-9;1-2-8-7(6-10)4-3-5-9-8;8-4-7-6(5-10)2-1-3-9-7/h2-4,7-11,29H,5-6,12H2,1H3,(H2,23,27);2-6H,1H3,(H2,15,18)(H,21,22);4-6H,3H2,1-2H3;2-4H,5,9H2,1H3;3-5,10H,2,6H2,1H3;1-3,10H,4-5,8H2. The van der Waals surface area contributed by atoms with Gasteiger partial charge in [-0.15, -0.1) is 0 Å². The number of carboxylic acid groups (broad SMARTS) is 1. The SMILES string of the molecule is CCc1ncccc1C(=O)OC.CCc1ncccc1CO.COC(=O)c1cccnc1CN.Cn1cc(-c2nc(C(=O)CCc3ncccc3CO)c(N)nc2-c2ncco2)ccc1=O.Cn1cc(-c2nc(C(=O)O)c(N)nc2-c2ncco2)ccc1=O.NCc1ncccc1CO. The summed E-state index contributed by atoms with van der Waals surface area (Å²) in [4.78, 5) is 115. The summed E-state index contributed by atoms with van der Waals surface area (Å²) in [5, 5.41) is 36.2. The molecule has 11 aromatic rings. The van der Waals surface area contributed by atoms with Gasteiger partial charge in [-0.25, -0.2) is 44.3 Å². The monoisotopic (exact) mass is 1350 g/mol. The molecule has 11 rings (SSSR count). The minimum absolute atomic E-state index is 0.00522. The summed E-state index contributed by atoms with van der Waals surface area (Å²) in [6.07, 6.45) is 19.0. The van der Waals surface area contributed by atoms with E-state index >= 15 is 0 Å².